The summed E-state index contributed by atoms with van der Waals surface area (Å²) in [7, 11) is -0.878. The average molecular weight is 314 g/mol. The minimum absolute atomic E-state index is 0.152. The molecule has 0 aromatic heterocycles. The lowest BCUT2D eigenvalue weighted by Crippen LogP contribution is -2.52. The van der Waals surface area contributed by atoms with E-state index in [-0.39, 0.29) is 23.3 Å². The number of fused-ring (bicyclic) bond motifs is 2. The van der Waals surface area contributed by atoms with Crippen molar-refractivity contribution in [2.24, 2.45) is 5.92 Å². The maximum absolute atomic E-state index is 12.8. The summed E-state index contributed by atoms with van der Waals surface area (Å²) >= 11 is 0. The van der Waals surface area contributed by atoms with Crippen molar-refractivity contribution in [2.75, 3.05) is 26.4 Å². The smallest absolute Gasteiger partial charge is 0.226 e. The number of amides is 1. The standard InChI is InChI=1S/C15H26N2O3S/c1-16-7-5-11(6-8-16)15(18)17-12-3-4-13(17)10-14(9-12)21(2,19)20/h11-14H,3-10H2,1-2H3. The Morgan fingerprint density at radius 3 is 2.00 bits per heavy atom. The lowest BCUT2D eigenvalue weighted by atomic mass is 9.92. The Balaban J connectivity index is 1.69. The average Bonchev–Trinajstić information content (AvgIpc) is 2.67. The van der Waals surface area contributed by atoms with Gasteiger partial charge in [0.1, 0.15) is 9.84 Å². The van der Waals surface area contributed by atoms with Crippen LogP contribution in [-0.4, -0.2) is 67.9 Å². The highest BCUT2D eigenvalue weighted by Crippen LogP contribution is 2.39. The largest absolute Gasteiger partial charge is 0.336 e. The zero-order valence-corrected chi connectivity index (χ0v) is 13.8. The number of carbonyl (C=O) groups is 1. The van der Waals surface area contributed by atoms with Gasteiger partial charge in [0.25, 0.3) is 0 Å². The van der Waals surface area contributed by atoms with E-state index in [0.29, 0.717) is 18.7 Å². The molecule has 21 heavy (non-hydrogen) atoms. The Kier molecular flexibility index (Phi) is 4.03. The van der Waals surface area contributed by atoms with Crippen molar-refractivity contribution in [1.29, 1.82) is 0 Å². The second kappa shape index (κ2) is 5.54. The molecule has 0 spiro atoms. The topological polar surface area (TPSA) is 57.7 Å². The van der Waals surface area contributed by atoms with Crippen molar-refractivity contribution in [2.45, 2.75) is 55.9 Å². The van der Waals surface area contributed by atoms with Crippen molar-refractivity contribution in [3.8, 4) is 0 Å². The summed E-state index contributed by atoms with van der Waals surface area (Å²) in [5, 5.41) is -0.239. The van der Waals surface area contributed by atoms with Gasteiger partial charge in [-0.3, -0.25) is 4.79 Å². The first kappa shape index (κ1) is 15.3. The van der Waals surface area contributed by atoms with Gasteiger partial charge >= 0.3 is 0 Å². The molecule has 2 atom stereocenters. The summed E-state index contributed by atoms with van der Waals surface area (Å²) in [6.45, 7) is 1.98. The number of hydrogen-bond donors (Lipinski definition) is 0. The summed E-state index contributed by atoms with van der Waals surface area (Å²) < 4.78 is 23.6. The SMILES string of the molecule is CN1CCC(C(=O)N2C3CCC2CC(S(C)(=O)=O)C3)CC1. The van der Waals surface area contributed by atoms with E-state index in [1.54, 1.807) is 0 Å². The van der Waals surface area contributed by atoms with Crippen LogP contribution in [0.25, 0.3) is 0 Å². The molecule has 6 heteroatoms. The van der Waals surface area contributed by atoms with Gasteiger partial charge in [-0.1, -0.05) is 0 Å². The fourth-order valence-electron chi connectivity index (χ4n) is 4.30. The molecule has 0 saturated carbocycles. The zero-order valence-electron chi connectivity index (χ0n) is 13.0. The Morgan fingerprint density at radius 2 is 1.52 bits per heavy atom. The Hall–Kier alpha value is -0.620. The lowest BCUT2D eigenvalue weighted by molar-refractivity contribution is -0.141. The monoisotopic (exact) mass is 314 g/mol. The zero-order chi connectivity index (χ0) is 15.2. The minimum atomic E-state index is -2.98. The predicted molar refractivity (Wildman–Crippen MR) is 81.7 cm³/mol. The number of hydrogen-bond acceptors (Lipinski definition) is 4. The summed E-state index contributed by atoms with van der Waals surface area (Å²) in [4.78, 5) is 17.2. The third-order valence-electron chi connectivity index (χ3n) is 5.62. The van der Waals surface area contributed by atoms with Crippen LogP contribution >= 0.6 is 0 Å². The maximum atomic E-state index is 12.8. The number of likely N-dealkylation sites (tertiary alicyclic amines) is 1. The van der Waals surface area contributed by atoms with Crippen LogP contribution in [0.3, 0.4) is 0 Å². The van der Waals surface area contributed by atoms with Crippen molar-refractivity contribution in [3.63, 3.8) is 0 Å². The molecule has 5 nitrogen and oxygen atoms in total. The predicted octanol–water partition coefficient (Wildman–Crippen LogP) is 0.895. The van der Waals surface area contributed by atoms with E-state index in [9.17, 15) is 13.2 Å². The first-order chi connectivity index (χ1) is 9.86. The second-order valence-electron chi connectivity index (χ2n) is 7.13. The normalized spacial score (nSPS) is 35.1. The first-order valence-electron chi connectivity index (χ1n) is 8.06. The van der Waals surface area contributed by atoms with Crippen LogP contribution in [0.15, 0.2) is 0 Å². The van der Waals surface area contributed by atoms with E-state index in [1.807, 2.05) is 0 Å². The third-order valence-corrected chi connectivity index (χ3v) is 7.21. The minimum Gasteiger partial charge on any atom is -0.336 e. The Labute approximate surface area is 127 Å². The van der Waals surface area contributed by atoms with Crippen LogP contribution in [-0.2, 0) is 14.6 Å². The molecular weight excluding hydrogens is 288 g/mol. The van der Waals surface area contributed by atoms with E-state index < -0.39 is 9.84 Å². The second-order valence-corrected chi connectivity index (χ2v) is 9.46. The molecule has 0 N–H and O–H groups in total. The van der Waals surface area contributed by atoms with E-state index >= 15 is 0 Å². The third kappa shape index (κ3) is 2.97. The highest BCUT2D eigenvalue weighted by Gasteiger charge is 2.47. The summed E-state index contributed by atoms with van der Waals surface area (Å²) in [6, 6.07) is 0.325. The van der Waals surface area contributed by atoms with Gasteiger partial charge in [0.05, 0.1) is 5.25 Å². The van der Waals surface area contributed by atoms with Gasteiger partial charge in [0.15, 0.2) is 0 Å². The van der Waals surface area contributed by atoms with E-state index in [4.69, 9.17) is 0 Å². The van der Waals surface area contributed by atoms with Crippen LogP contribution in [0.5, 0.6) is 0 Å². The molecule has 3 aliphatic heterocycles. The first-order valence-corrected chi connectivity index (χ1v) is 10.0. The maximum Gasteiger partial charge on any atom is 0.226 e. The number of piperidine rings is 2. The van der Waals surface area contributed by atoms with Gasteiger partial charge in [-0.25, -0.2) is 8.42 Å². The molecule has 2 unspecified atom stereocenters. The highest BCUT2D eigenvalue weighted by molar-refractivity contribution is 7.91. The Bertz CT molecular complexity index is 497. The summed E-state index contributed by atoms with van der Waals surface area (Å²) in [5.74, 6) is 0.446. The van der Waals surface area contributed by atoms with E-state index in [1.165, 1.54) is 6.26 Å². The summed E-state index contributed by atoms with van der Waals surface area (Å²) in [6.07, 6.45) is 6.48. The van der Waals surface area contributed by atoms with Gasteiger partial charge in [-0.05, 0) is 58.7 Å². The van der Waals surface area contributed by atoms with Crippen molar-refractivity contribution >= 4 is 15.7 Å². The van der Waals surface area contributed by atoms with Gasteiger partial charge in [0.2, 0.25) is 5.91 Å². The van der Waals surface area contributed by atoms with Crippen LogP contribution in [0, 0.1) is 5.92 Å². The van der Waals surface area contributed by atoms with Crippen molar-refractivity contribution in [3.05, 3.63) is 0 Å². The quantitative estimate of drug-likeness (QED) is 0.760. The van der Waals surface area contributed by atoms with Crippen LogP contribution < -0.4 is 0 Å². The van der Waals surface area contributed by atoms with Gasteiger partial charge in [-0.2, -0.15) is 0 Å². The number of sulfone groups is 1. The van der Waals surface area contributed by atoms with E-state index in [2.05, 4.69) is 16.8 Å². The molecule has 3 fully saturated rings. The lowest BCUT2D eigenvalue weighted by Gasteiger charge is -2.41. The van der Waals surface area contributed by atoms with Crippen molar-refractivity contribution < 1.29 is 13.2 Å². The fourth-order valence-corrected chi connectivity index (χ4v) is 5.45. The molecule has 0 aromatic carbocycles. The molecular formula is C15H26N2O3S. The molecule has 0 radical (unpaired) electrons. The number of rotatable bonds is 2. The van der Waals surface area contributed by atoms with Gasteiger partial charge in [-0.15, -0.1) is 0 Å². The summed E-state index contributed by atoms with van der Waals surface area (Å²) in [5.41, 5.74) is 0. The van der Waals surface area contributed by atoms with Gasteiger partial charge < -0.3 is 9.80 Å². The molecule has 120 valence electrons. The van der Waals surface area contributed by atoms with Crippen LogP contribution in [0.1, 0.15) is 38.5 Å². The molecule has 1 amide bonds. The van der Waals surface area contributed by atoms with E-state index in [0.717, 1.165) is 38.8 Å². The number of carbonyl (C=O) groups excluding carboxylic acids is 1. The molecule has 3 rings (SSSR count). The molecule has 0 aliphatic carbocycles. The molecule has 3 heterocycles. The molecule has 2 bridgehead atoms. The van der Waals surface area contributed by atoms with Crippen molar-refractivity contribution in [1.82, 2.24) is 9.80 Å². The molecule has 3 aliphatic rings. The molecule has 3 saturated heterocycles. The Morgan fingerprint density at radius 1 is 1.00 bits per heavy atom. The fraction of sp³-hybridized carbons (Fsp3) is 0.933. The van der Waals surface area contributed by atoms with Gasteiger partial charge in [0, 0.05) is 24.3 Å². The highest BCUT2D eigenvalue weighted by atomic mass is 32.2. The van der Waals surface area contributed by atoms with Crippen LogP contribution in [0.4, 0.5) is 0 Å². The number of nitrogens with zero attached hydrogens (tertiary/aromatic N) is 2. The molecule has 0 aromatic rings. The van der Waals surface area contributed by atoms with Crippen LogP contribution in [0.2, 0.25) is 0 Å².